The molecule has 3 aromatic carbocycles. The lowest BCUT2D eigenvalue weighted by atomic mass is 9.96. The molecule has 0 aliphatic carbocycles. The molecule has 12 heteroatoms. The van der Waals surface area contributed by atoms with E-state index in [-0.39, 0.29) is 52.4 Å². The van der Waals surface area contributed by atoms with E-state index in [1.165, 1.54) is 18.1 Å². The first-order chi connectivity index (χ1) is 22.8. The predicted octanol–water partition coefficient (Wildman–Crippen LogP) is 6.76. The number of para-hydroxylation sites is 1. The second-order valence-electron chi connectivity index (χ2n) is 12.4. The molecular weight excluding hydrogens is 646 g/mol. The molecule has 47 heavy (non-hydrogen) atoms. The number of halogens is 3. The van der Waals surface area contributed by atoms with Gasteiger partial charge in [0, 0.05) is 35.2 Å². The van der Waals surface area contributed by atoms with E-state index < -0.39 is 11.8 Å². The summed E-state index contributed by atoms with van der Waals surface area (Å²) in [7, 11) is 1.29. The quantitative estimate of drug-likeness (QED) is 0.216. The van der Waals surface area contributed by atoms with Crippen LogP contribution >= 0.6 is 23.2 Å². The Morgan fingerprint density at radius 2 is 1.81 bits per heavy atom. The Hall–Kier alpha value is -4.12. The van der Waals surface area contributed by atoms with E-state index in [1.807, 2.05) is 12.3 Å². The van der Waals surface area contributed by atoms with Gasteiger partial charge in [0.15, 0.2) is 6.73 Å². The van der Waals surface area contributed by atoms with Gasteiger partial charge in [-0.1, -0.05) is 41.4 Å². The Labute approximate surface area is 280 Å². The van der Waals surface area contributed by atoms with Crippen LogP contribution in [0, 0.1) is 5.82 Å². The topological polar surface area (TPSA) is 86.1 Å². The third-order valence-corrected chi connectivity index (χ3v) is 10.3. The van der Waals surface area contributed by atoms with Gasteiger partial charge in [0.2, 0.25) is 0 Å². The number of hydrogen-bond acceptors (Lipinski definition) is 7. The highest BCUT2D eigenvalue weighted by Crippen LogP contribution is 2.43. The minimum absolute atomic E-state index is 0.0876. The van der Waals surface area contributed by atoms with E-state index in [2.05, 4.69) is 14.5 Å². The van der Waals surface area contributed by atoms with Crippen LogP contribution < -0.4 is 9.64 Å². The fourth-order valence-electron chi connectivity index (χ4n) is 7.47. The smallest absolute Gasteiger partial charge is 0.340 e. The monoisotopic (exact) mass is 676 g/mol. The van der Waals surface area contributed by atoms with Gasteiger partial charge >= 0.3 is 5.97 Å². The summed E-state index contributed by atoms with van der Waals surface area (Å²) in [5, 5.41) is 0.478. The van der Waals surface area contributed by atoms with Gasteiger partial charge in [-0.25, -0.2) is 14.2 Å². The van der Waals surface area contributed by atoms with E-state index >= 15 is 4.39 Å². The SMILES string of the molecule is COC(=O)c1cc(F)c(-c2cccc3c2OCN(C(=O)c2c(Cl)cc(-c4cnc5n4CCC5)cc2Cl)C3)cc1N1C2CCC1COC2. The van der Waals surface area contributed by atoms with E-state index in [1.54, 1.807) is 30.3 Å². The maximum atomic E-state index is 15.9. The predicted molar refractivity (Wildman–Crippen MR) is 175 cm³/mol. The number of ether oxygens (including phenoxy) is 3. The number of carbonyl (C=O) groups is 2. The van der Waals surface area contributed by atoms with Gasteiger partial charge in [-0.05, 0) is 43.5 Å². The molecule has 2 atom stereocenters. The number of benzene rings is 3. The molecule has 2 saturated heterocycles. The molecule has 4 aromatic rings. The molecule has 1 amide bonds. The molecule has 8 rings (SSSR count). The third-order valence-electron chi connectivity index (χ3n) is 9.68. The Balaban J connectivity index is 1.10. The third kappa shape index (κ3) is 5.05. The number of amides is 1. The molecule has 2 fully saturated rings. The van der Waals surface area contributed by atoms with Crippen molar-refractivity contribution >= 4 is 40.8 Å². The van der Waals surface area contributed by atoms with E-state index in [9.17, 15) is 9.59 Å². The highest BCUT2D eigenvalue weighted by Gasteiger charge is 2.40. The van der Waals surface area contributed by atoms with Gasteiger partial charge in [-0.15, -0.1) is 0 Å². The van der Waals surface area contributed by atoms with Gasteiger partial charge in [-0.2, -0.15) is 0 Å². The zero-order valence-electron chi connectivity index (χ0n) is 25.6. The van der Waals surface area contributed by atoms with Crippen molar-refractivity contribution in [2.45, 2.75) is 50.9 Å². The Bertz CT molecular complexity index is 1910. The van der Waals surface area contributed by atoms with E-state index in [4.69, 9.17) is 37.4 Å². The van der Waals surface area contributed by atoms with Gasteiger partial charge < -0.3 is 28.6 Å². The summed E-state index contributed by atoms with van der Waals surface area (Å²) in [6.45, 7) is 2.08. The lowest BCUT2D eigenvalue weighted by Crippen LogP contribution is -2.46. The van der Waals surface area contributed by atoms with Crippen molar-refractivity contribution in [2.75, 3.05) is 32.0 Å². The average molecular weight is 678 g/mol. The van der Waals surface area contributed by atoms with Gasteiger partial charge in [-0.3, -0.25) is 4.79 Å². The summed E-state index contributed by atoms with van der Waals surface area (Å²) in [5.74, 6) is -0.0530. The number of nitrogens with zero attached hydrogens (tertiary/aromatic N) is 4. The molecule has 2 bridgehead atoms. The zero-order valence-corrected chi connectivity index (χ0v) is 27.1. The number of hydrogen-bond donors (Lipinski definition) is 0. The second kappa shape index (κ2) is 11.8. The van der Waals surface area contributed by atoms with Crippen LogP contribution in [-0.4, -0.2) is 65.5 Å². The summed E-state index contributed by atoms with van der Waals surface area (Å²) in [6, 6.07) is 12.1. The van der Waals surface area contributed by atoms with Crippen LogP contribution in [0.1, 0.15) is 51.4 Å². The van der Waals surface area contributed by atoms with Crippen LogP contribution in [0.4, 0.5) is 10.1 Å². The van der Waals surface area contributed by atoms with Crippen molar-refractivity contribution in [3.05, 3.63) is 87.0 Å². The number of imidazole rings is 1. The van der Waals surface area contributed by atoms with Crippen LogP contribution in [0.5, 0.6) is 5.75 Å². The number of esters is 1. The zero-order chi connectivity index (χ0) is 32.4. The molecule has 9 nitrogen and oxygen atoms in total. The molecular formula is C35H31Cl2FN4O5. The number of rotatable bonds is 5. The first-order valence-corrected chi connectivity index (χ1v) is 16.4. The van der Waals surface area contributed by atoms with E-state index in [0.717, 1.165) is 49.3 Å². The lowest BCUT2D eigenvalue weighted by Gasteiger charge is -2.37. The van der Waals surface area contributed by atoms with Crippen molar-refractivity contribution in [1.29, 1.82) is 0 Å². The summed E-state index contributed by atoms with van der Waals surface area (Å²) < 4.78 is 35.0. The van der Waals surface area contributed by atoms with Crippen molar-refractivity contribution in [3.8, 4) is 28.1 Å². The van der Waals surface area contributed by atoms with E-state index in [0.29, 0.717) is 41.3 Å². The fraction of sp³-hybridized carbons (Fsp3) is 0.343. The normalized spacial score (nSPS) is 19.7. The molecule has 242 valence electrons. The van der Waals surface area contributed by atoms with Crippen LogP contribution in [0.25, 0.3) is 22.4 Å². The molecule has 5 heterocycles. The Kier molecular flexibility index (Phi) is 7.62. The van der Waals surface area contributed by atoms with Crippen LogP contribution in [-0.2, 0) is 29.0 Å². The Morgan fingerprint density at radius 1 is 1.04 bits per heavy atom. The van der Waals surface area contributed by atoms with Crippen LogP contribution in [0.15, 0.2) is 48.7 Å². The standard InChI is InChI=1S/C35H31Cl2FN4O5/c1-45-35(44)25-12-28(38)24(13-29(25)42-21-7-8-22(42)17-46-16-21)23-5-2-4-19-15-40(18-47-33(19)23)34(43)32-26(36)10-20(11-27(32)37)30-14-39-31-6-3-9-41(30)31/h2,4-5,10-14,21-22H,3,6-9,15-18H2,1H3. The van der Waals surface area contributed by atoms with Gasteiger partial charge in [0.05, 0.1) is 77.7 Å². The minimum atomic E-state index is -0.601. The summed E-state index contributed by atoms with van der Waals surface area (Å²) in [5.41, 5.74) is 4.21. The molecule has 0 spiro atoms. The maximum absolute atomic E-state index is 15.9. The molecule has 0 N–H and O–H groups in total. The average Bonchev–Trinajstić information content (AvgIpc) is 3.76. The number of fused-ring (bicyclic) bond motifs is 4. The van der Waals surface area contributed by atoms with Crippen molar-refractivity contribution in [2.24, 2.45) is 0 Å². The molecule has 2 unspecified atom stereocenters. The minimum Gasteiger partial charge on any atom is -0.472 e. The summed E-state index contributed by atoms with van der Waals surface area (Å²) in [6.07, 6.45) is 5.62. The summed E-state index contributed by atoms with van der Waals surface area (Å²) in [4.78, 5) is 34.8. The molecule has 0 saturated carbocycles. The molecule has 1 aromatic heterocycles. The van der Waals surface area contributed by atoms with Crippen molar-refractivity contribution in [1.82, 2.24) is 14.5 Å². The van der Waals surface area contributed by atoms with Crippen molar-refractivity contribution < 1.29 is 28.2 Å². The number of aromatic nitrogens is 2. The first kappa shape index (κ1) is 30.2. The highest BCUT2D eigenvalue weighted by atomic mass is 35.5. The highest BCUT2D eigenvalue weighted by molar-refractivity contribution is 6.40. The Morgan fingerprint density at radius 3 is 2.55 bits per heavy atom. The molecule has 4 aliphatic rings. The van der Waals surface area contributed by atoms with Crippen LogP contribution in [0.2, 0.25) is 10.0 Å². The molecule has 4 aliphatic heterocycles. The number of morpholine rings is 1. The molecule has 0 radical (unpaired) electrons. The lowest BCUT2D eigenvalue weighted by molar-refractivity contribution is 0.0515. The number of carbonyl (C=O) groups excluding carboxylic acids is 2. The second-order valence-corrected chi connectivity index (χ2v) is 13.2. The largest absolute Gasteiger partial charge is 0.472 e. The van der Waals surface area contributed by atoms with Gasteiger partial charge in [0.1, 0.15) is 17.4 Å². The fourth-order valence-corrected chi connectivity index (χ4v) is 8.11. The first-order valence-electron chi connectivity index (χ1n) is 15.7. The number of anilines is 1. The van der Waals surface area contributed by atoms with Crippen molar-refractivity contribution in [3.63, 3.8) is 0 Å². The number of methoxy groups -OCH3 is 1. The summed E-state index contributed by atoms with van der Waals surface area (Å²) >= 11 is 13.4. The maximum Gasteiger partial charge on any atom is 0.340 e. The van der Waals surface area contributed by atoms with Crippen LogP contribution in [0.3, 0.4) is 0 Å². The number of aryl methyl sites for hydroxylation is 1. The van der Waals surface area contributed by atoms with Gasteiger partial charge in [0.25, 0.3) is 5.91 Å².